The molecule has 22 heavy (non-hydrogen) atoms. The van der Waals surface area contributed by atoms with Crippen molar-refractivity contribution in [2.75, 3.05) is 7.11 Å². The summed E-state index contributed by atoms with van der Waals surface area (Å²) in [5.74, 6) is 1.44. The Kier molecular flexibility index (Phi) is 4.35. The minimum Gasteiger partial charge on any atom is -0.497 e. The average molecular weight is 297 g/mol. The summed E-state index contributed by atoms with van der Waals surface area (Å²) < 4.78 is 5.31. The summed E-state index contributed by atoms with van der Waals surface area (Å²) in [7, 11) is 1.66. The third kappa shape index (κ3) is 2.82. The van der Waals surface area contributed by atoms with Crippen LogP contribution >= 0.6 is 0 Å². The van der Waals surface area contributed by atoms with Crippen LogP contribution in [0.4, 0.5) is 0 Å². The standard InChI is InChI=1S/C18H23N3O/c1-12-5-3-4-6-16(12)21-18(10-19)15-11-20-17-8-7-13(22-2)9-14(15)17/h7-9,11-12,16,18,20-21H,3-6H2,1-2H3. The number of ether oxygens (including phenoxy) is 1. The number of fused-ring (bicyclic) bond motifs is 1. The molecule has 1 saturated carbocycles. The largest absolute Gasteiger partial charge is 0.497 e. The zero-order valence-corrected chi connectivity index (χ0v) is 13.2. The second-order valence-corrected chi connectivity index (χ2v) is 6.25. The first-order chi connectivity index (χ1) is 10.7. The van der Waals surface area contributed by atoms with E-state index in [1.807, 2.05) is 24.4 Å². The number of benzene rings is 1. The van der Waals surface area contributed by atoms with E-state index < -0.39 is 0 Å². The van der Waals surface area contributed by atoms with Crippen LogP contribution in [0.25, 0.3) is 10.9 Å². The Balaban J connectivity index is 1.88. The van der Waals surface area contributed by atoms with Crippen molar-refractivity contribution >= 4 is 10.9 Å². The molecule has 4 heteroatoms. The Morgan fingerprint density at radius 1 is 1.36 bits per heavy atom. The van der Waals surface area contributed by atoms with Crippen LogP contribution in [-0.4, -0.2) is 18.1 Å². The Morgan fingerprint density at radius 2 is 2.18 bits per heavy atom. The maximum Gasteiger partial charge on any atom is 0.123 e. The number of nitrogens with one attached hydrogen (secondary N) is 2. The van der Waals surface area contributed by atoms with E-state index in [1.54, 1.807) is 7.11 Å². The van der Waals surface area contributed by atoms with Crippen molar-refractivity contribution in [3.8, 4) is 11.8 Å². The van der Waals surface area contributed by atoms with Crippen LogP contribution in [-0.2, 0) is 0 Å². The highest BCUT2D eigenvalue weighted by molar-refractivity contribution is 5.85. The number of H-pyrrole nitrogens is 1. The Bertz CT molecular complexity index is 685. The van der Waals surface area contributed by atoms with Crippen LogP contribution in [0.2, 0.25) is 0 Å². The van der Waals surface area contributed by atoms with Gasteiger partial charge in [0.05, 0.1) is 13.2 Å². The van der Waals surface area contributed by atoms with Crippen molar-refractivity contribution in [2.45, 2.75) is 44.7 Å². The summed E-state index contributed by atoms with van der Waals surface area (Å²) in [5.41, 5.74) is 2.05. The first-order valence-corrected chi connectivity index (χ1v) is 8.03. The molecule has 3 atom stereocenters. The van der Waals surface area contributed by atoms with E-state index in [2.05, 4.69) is 23.3 Å². The van der Waals surface area contributed by atoms with Crippen molar-refractivity contribution in [1.82, 2.24) is 10.3 Å². The van der Waals surface area contributed by atoms with Gasteiger partial charge in [-0.3, -0.25) is 5.32 Å². The molecule has 1 heterocycles. The van der Waals surface area contributed by atoms with E-state index in [1.165, 1.54) is 19.3 Å². The van der Waals surface area contributed by atoms with Gasteiger partial charge in [-0.15, -0.1) is 0 Å². The second-order valence-electron chi connectivity index (χ2n) is 6.25. The molecule has 2 aromatic rings. The van der Waals surface area contributed by atoms with Crippen LogP contribution in [0.5, 0.6) is 5.75 Å². The monoisotopic (exact) mass is 297 g/mol. The number of aromatic amines is 1. The Hall–Kier alpha value is -1.99. The van der Waals surface area contributed by atoms with Gasteiger partial charge in [-0.2, -0.15) is 5.26 Å². The maximum atomic E-state index is 9.64. The van der Waals surface area contributed by atoms with E-state index in [-0.39, 0.29) is 6.04 Å². The Morgan fingerprint density at radius 3 is 2.91 bits per heavy atom. The van der Waals surface area contributed by atoms with Gasteiger partial charge in [0.15, 0.2) is 0 Å². The fraction of sp³-hybridized carbons (Fsp3) is 0.500. The van der Waals surface area contributed by atoms with E-state index in [0.29, 0.717) is 12.0 Å². The summed E-state index contributed by atoms with van der Waals surface area (Å²) in [4.78, 5) is 3.26. The molecule has 4 nitrogen and oxygen atoms in total. The number of hydrogen-bond acceptors (Lipinski definition) is 3. The summed E-state index contributed by atoms with van der Waals surface area (Å²) in [5, 5.41) is 14.3. The Labute approximate surface area is 131 Å². The van der Waals surface area contributed by atoms with Crippen molar-refractivity contribution in [2.24, 2.45) is 5.92 Å². The molecule has 1 aromatic heterocycles. The molecular weight excluding hydrogens is 274 g/mol. The van der Waals surface area contributed by atoms with Gasteiger partial charge < -0.3 is 9.72 Å². The number of nitriles is 1. The van der Waals surface area contributed by atoms with Gasteiger partial charge in [0.1, 0.15) is 11.8 Å². The molecule has 116 valence electrons. The lowest BCUT2D eigenvalue weighted by Gasteiger charge is -2.31. The fourth-order valence-corrected chi connectivity index (χ4v) is 3.46. The van der Waals surface area contributed by atoms with Crippen molar-refractivity contribution in [1.29, 1.82) is 5.26 Å². The van der Waals surface area contributed by atoms with Gasteiger partial charge in [-0.1, -0.05) is 19.8 Å². The normalized spacial score (nSPS) is 23.1. The second kappa shape index (κ2) is 6.41. The quantitative estimate of drug-likeness (QED) is 0.899. The molecule has 0 aliphatic heterocycles. The van der Waals surface area contributed by atoms with Crippen molar-refractivity contribution in [3.63, 3.8) is 0 Å². The molecule has 1 aromatic carbocycles. The van der Waals surface area contributed by atoms with Gasteiger partial charge >= 0.3 is 0 Å². The molecule has 1 aliphatic carbocycles. The maximum absolute atomic E-state index is 9.64. The van der Waals surface area contributed by atoms with Gasteiger partial charge in [-0.05, 0) is 37.0 Å². The van der Waals surface area contributed by atoms with Crippen LogP contribution in [0.15, 0.2) is 24.4 Å². The van der Waals surface area contributed by atoms with Crippen LogP contribution in [0, 0.1) is 17.2 Å². The molecule has 2 N–H and O–H groups in total. The average Bonchev–Trinajstić information content (AvgIpc) is 2.97. The van der Waals surface area contributed by atoms with Gasteiger partial charge in [0.2, 0.25) is 0 Å². The highest BCUT2D eigenvalue weighted by atomic mass is 16.5. The first-order valence-electron chi connectivity index (χ1n) is 8.03. The minimum atomic E-state index is -0.286. The van der Waals surface area contributed by atoms with Crippen molar-refractivity contribution in [3.05, 3.63) is 30.0 Å². The van der Waals surface area contributed by atoms with E-state index >= 15 is 0 Å². The van der Waals surface area contributed by atoms with Crippen LogP contribution < -0.4 is 10.1 Å². The number of nitrogens with zero attached hydrogens (tertiary/aromatic N) is 1. The molecule has 0 amide bonds. The minimum absolute atomic E-state index is 0.286. The zero-order valence-electron chi connectivity index (χ0n) is 13.2. The number of rotatable bonds is 4. The molecule has 1 fully saturated rings. The summed E-state index contributed by atoms with van der Waals surface area (Å²) >= 11 is 0. The third-order valence-electron chi connectivity index (χ3n) is 4.85. The topological polar surface area (TPSA) is 60.8 Å². The number of aromatic nitrogens is 1. The smallest absolute Gasteiger partial charge is 0.123 e. The van der Waals surface area contributed by atoms with Crippen LogP contribution in [0.1, 0.15) is 44.2 Å². The molecule has 3 unspecified atom stereocenters. The number of methoxy groups -OCH3 is 1. The third-order valence-corrected chi connectivity index (χ3v) is 4.85. The van der Waals surface area contributed by atoms with Crippen molar-refractivity contribution < 1.29 is 4.74 Å². The SMILES string of the molecule is COc1ccc2[nH]cc(C(C#N)NC3CCCCC3C)c2c1. The molecule has 0 saturated heterocycles. The lowest BCUT2D eigenvalue weighted by atomic mass is 9.85. The highest BCUT2D eigenvalue weighted by Gasteiger charge is 2.25. The van der Waals surface area contributed by atoms with E-state index in [0.717, 1.165) is 28.6 Å². The summed E-state index contributed by atoms with van der Waals surface area (Å²) in [6.45, 7) is 2.28. The highest BCUT2D eigenvalue weighted by Crippen LogP contribution is 2.30. The predicted octanol–water partition coefficient (Wildman–Crippen LogP) is 3.91. The molecule has 0 radical (unpaired) electrons. The van der Waals surface area contributed by atoms with E-state index in [9.17, 15) is 5.26 Å². The summed E-state index contributed by atoms with van der Waals surface area (Å²) in [6.07, 6.45) is 6.91. The lowest BCUT2D eigenvalue weighted by molar-refractivity contribution is 0.271. The van der Waals surface area contributed by atoms with Crippen LogP contribution in [0.3, 0.4) is 0 Å². The first kappa shape index (κ1) is 14.9. The molecule has 3 rings (SSSR count). The molecule has 0 bridgehead atoms. The van der Waals surface area contributed by atoms with Gasteiger partial charge in [0, 0.05) is 28.7 Å². The predicted molar refractivity (Wildman–Crippen MR) is 87.8 cm³/mol. The molecular formula is C18H23N3O. The lowest BCUT2D eigenvalue weighted by Crippen LogP contribution is -2.39. The summed E-state index contributed by atoms with van der Waals surface area (Å²) in [6, 6.07) is 8.49. The number of hydrogen-bond donors (Lipinski definition) is 2. The molecule has 0 spiro atoms. The van der Waals surface area contributed by atoms with Gasteiger partial charge in [-0.25, -0.2) is 0 Å². The van der Waals surface area contributed by atoms with Gasteiger partial charge in [0.25, 0.3) is 0 Å². The fourth-order valence-electron chi connectivity index (χ4n) is 3.46. The van der Waals surface area contributed by atoms with E-state index in [4.69, 9.17) is 4.74 Å². The zero-order chi connectivity index (χ0) is 15.5. The molecule has 1 aliphatic rings.